The van der Waals surface area contributed by atoms with Crippen molar-refractivity contribution in [1.82, 2.24) is 19.5 Å². The number of benzene rings is 3. The minimum atomic E-state index is -0.597. The third-order valence-electron chi connectivity index (χ3n) is 6.39. The number of primary amides is 1. The van der Waals surface area contributed by atoms with Gasteiger partial charge in [0.2, 0.25) is 17.1 Å². The molecular formula is C27H20Cl2N6O2S. The van der Waals surface area contributed by atoms with Gasteiger partial charge < -0.3 is 11.1 Å². The second kappa shape index (κ2) is 9.90. The molecule has 190 valence electrons. The van der Waals surface area contributed by atoms with Crippen LogP contribution in [0.5, 0.6) is 0 Å². The molecule has 2 aromatic heterocycles. The summed E-state index contributed by atoms with van der Waals surface area (Å²) in [6, 6.07) is 17.0. The molecule has 0 bridgehead atoms. The number of aromatic nitrogens is 4. The van der Waals surface area contributed by atoms with Crippen LogP contribution in [0.4, 0.5) is 5.69 Å². The number of amides is 2. The summed E-state index contributed by atoms with van der Waals surface area (Å²) in [7, 11) is 0. The number of fused-ring (bicyclic) bond motifs is 2. The van der Waals surface area contributed by atoms with Crippen molar-refractivity contribution in [2.24, 2.45) is 5.73 Å². The zero-order valence-electron chi connectivity index (χ0n) is 19.8. The minimum Gasteiger partial charge on any atom is -0.366 e. The molecular weight excluding hydrogens is 543 g/mol. The highest BCUT2D eigenvalue weighted by molar-refractivity contribution is 7.99. The van der Waals surface area contributed by atoms with Gasteiger partial charge in [0.05, 0.1) is 28.3 Å². The molecule has 3 N–H and O–H groups in total. The van der Waals surface area contributed by atoms with Crippen molar-refractivity contribution >= 4 is 74.4 Å². The van der Waals surface area contributed by atoms with Gasteiger partial charge in [-0.1, -0.05) is 53.7 Å². The molecule has 38 heavy (non-hydrogen) atoms. The number of hydrogen-bond acceptors (Lipinski definition) is 6. The van der Waals surface area contributed by atoms with Gasteiger partial charge in [-0.3, -0.25) is 14.2 Å². The zero-order valence-corrected chi connectivity index (χ0v) is 22.1. The lowest BCUT2D eigenvalue weighted by molar-refractivity contribution is -0.113. The van der Waals surface area contributed by atoms with Gasteiger partial charge in [-0.2, -0.15) is 4.98 Å². The molecule has 1 fully saturated rings. The van der Waals surface area contributed by atoms with Gasteiger partial charge in [0, 0.05) is 10.9 Å². The lowest BCUT2D eigenvalue weighted by Gasteiger charge is -2.14. The van der Waals surface area contributed by atoms with Gasteiger partial charge in [-0.25, -0.2) is 9.97 Å². The van der Waals surface area contributed by atoms with Crippen LogP contribution >= 0.6 is 35.0 Å². The molecule has 6 rings (SSSR count). The number of hydrogen-bond donors (Lipinski definition) is 2. The number of anilines is 1. The number of nitrogens with zero attached hydrogens (tertiary/aromatic N) is 4. The van der Waals surface area contributed by atoms with Crippen LogP contribution in [0.1, 0.15) is 34.7 Å². The maximum absolute atomic E-state index is 12.8. The Bertz CT molecular complexity index is 1750. The molecule has 5 aromatic rings. The summed E-state index contributed by atoms with van der Waals surface area (Å²) >= 11 is 13.7. The van der Waals surface area contributed by atoms with Crippen molar-refractivity contribution in [1.29, 1.82) is 0 Å². The molecule has 0 spiro atoms. The summed E-state index contributed by atoms with van der Waals surface area (Å²) in [6.07, 6.45) is 3.98. The number of rotatable bonds is 7. The van der Waals surface area contributed by atoms with Crippen LogP contribution in [0.3, 0.4) is 0 Å². The van der Waals surface area contributed by atoms with Crippen LogP contribution in [0.25, 0.3) is 27.6 Å². The van der Waals surface area contributed by atoms with Gasteiger partial charge in [-0.15, -0.1) is 0 Å². The average molecular weight is 563 g/mol. The standard InChI is InChI=1S/C27H20Cl2N6O2S/c28-19-11-15(24(30)37)7-9-20(19)32-23(36)13-38-27-33-21-12-31-26(29)34-25(21)35(27)22-10-8-16(14-5-6-14)17-3-1-2-4-18(17)22/h1-4,7-12,14H,5-6,13H2,(H2,30,37)(H,32,36). The van der Waals surface area contributed by atoms with Gasteiger partial charge in [0.15, 0.2) is 10.8 Å². The quantitative estimate of drug-likeness (QED) is 0.186. The van der Waals surface area contributed by atoms with E-state index in [1.165, 1.54) is 47.7 Å². The fourth-order valence-electron chi connectivity index (χ4n) is 4.48. The Labute approximate surface area is 231 Å². The van der Waals surface area contributed by atoms with Gasteiger partial charge in [0.1, 0.15) is 5.52 Å². The summed E-state index contributed by atoms with van der Waals surface area (Å²) in [5.41, 5.74) is 9.30. The highest BCUT2D eigenvalue weighted by Crippen LogP contribution is 2.44. The lowest BCUT2D eigenvalue weighted by atomic mass is 9.99. The van der Waals surface area contributed by atoms with E-state index in [9.17, 15) is 9.59 Å². The molecule has 0 radical (unpaired) electrons. The monoisotopic (exact) mass is 562 g/mol. The van der Waals surface area contributed by atoms with Crippen molar-refractivity contribution in [3.05, 3.63) is 82.2 Å². The zero-order chi connectivity index (χ0) is 26.4. The van der Waals surface area contributed by atoms with Crippen molar-refractivity contribution in [3.8, 4) is 5.69 Å². The first-order valence-corrected chi connectivity index (χ1v) is 13.6. The van der Waals surface area contributed by atoms with E-state index in [2.05, 4.69) is 39.6 Å². The third-order valence-corrected chi connectivity index (χ3v) is 7.83. The van der Waals surface area contributed by atoms with Crippen LogP contribution < -0.4 is 11.1 Å². The highest BCUT2D eigenvalue weighted by atomic mass is 35.5. The lowest BCUT2D eigenvalue weighted by Crippen LogP contribution is -2.16. The van der Waals surface area contributed by atoms with Crippen LogP contribution in [-0.2, 0) is 4.79 Å². The smallest absolute Gasteiger partial charge is 0.248 e. The van der Waals surface area contributed by atoms with Crippen molar-refractivity contribution in [3.63, 3.8) is 0 Å². The van der Waals surface area contributed by atoms with Crippen LogP contribution in [0, 0.1) is 0 Å². The summed E-state index contributed by atoms with van der Waals surface area (Å²) in [4.78, 5) is 37.5. The first kappa shape index (κ1) is 24.7. The van der Waals surface area contributed by atoms with Crippen molar-refractivity contribution in [2.75, 3.05) is 11.1 Å². The largest absolute Gasteiger partial charge is 0.366 e. The number of thioether (sulfide) groups is 1. The normalized spacial score (nSPS) is 13.2. The maximum atomic E-state index is 12.8. The number of carbonyl (C=O) groups is 2. The molecule has 2 heterocycles. The molecule has 11 heteroatoms. The molecule has 0 unspecified atom stereocenters. The predicted octanol–water partition coefficient (Wildman–Crippen LogP) is 5.98. The number of nitrogens with two attached hydrogens (primary N) is 1. The second-order valence-electron chi connectivity index (χ2n) is 8.97. The first-order valence-electron chi connectivity index (χ1n) is 11.8. The third kappa shape index (κ3) is 4.69. The second-order valence-corrected chi connectivity index (χ2v) is 10.7. The Kier molecular flexibility index (Phi) is 6.43. The molecule has 3 aromatic carbocycles. The Morgan fingerprint density at radius 1 is 1.05 bits per heavy atom. The fourth-order valence-corrected chi connectivity index (χ4v) is 5.65. The van der Waals surface area contributed by atoms with E-state index in [0.29, 0.717) is 27.9 Å². The van der Waals surface area contributed by atoms with E-state index in [4.69, 9.17) is 33.9 Å². The SMILES string of the molecule is NC(=O)c1ccc(NC(=O)CSc2nc3cnc(Cl)nc3n2-c2ccc(C3CC3)c3ccccc23)c(Cl)c1. The maximum Gasteiger partial charge on any atom is 0.248 e. The summed E-state index contributed by atoms with van der Waals surface area (Å²) in [5, 5.41) is 5.94. The topological polar surface area (TPSA) is 116 Å². The van der Waals surface area contributed by atoms with E-state index in [0.717, 1.165) is 11.1 Å². The highest BCUT2D eigenvalue weighted by Gasteiger charge is 2.27. The van der Waals surface area contributed by atoms with E-state index in [-0.39, 0.29) is 27.5 Å². The molecule has 1 aliphatic rings. The van der Waals surface area contributed by atoms with Crippen molar-refractivity contribution in [2.45, 2.75) is 23.9 Å². The molecule has 1 aliphatic carbocycles. The van der Waals surface area contributed by atoms with E-state index >= 15 is 0 Å². The number of halogens is 2. The van der Waals surface area contributed by atoms with Gasteiger partial charge >= 0.3 is 0 Å². The molecule has 0 saturated heterocycles. The Morgan fingerprint density at radius 3 is 2.58 bits per heavy atom. The fraction of sp³-hybridized carbons (Fsp3) is 0.148. The van der Waals surface area contributed by atoms with Crippen molar-refractivity contribution < 1.29 is 9.59 Å². The molecule has 0 aliphatic heterocycles. The van der Waals surface area contributed by atoms with Crippen LogP contribution in [0.15, 0.2) is 66.0 Å². The average Bonchev–Trinajstić information content (AvgIpc) is 3.69. The number of carbonyl (C=O) groups excluding carboxylic acids is 2. The number of imidazole rings is 1. The molecule has 8 nitrogen and oxygen atoms in total. The number of nitrogens with one attached hydrogen (secondary N) is 1. The Morgan fingerprint density at radius 2 is 1.84 bits per heavy atom. The first-order chi connectivity index (χ1) is 18.4. The Balaban J connectivity index is 1.35. The molecule has 2 amide bonds. The van der Waals surface area contributed by atoms with E-state index in [1.54, 1.807) is 12.3 Å². The summed E-state index contributed by atoms with van der Waals surface area (Å²) in [6.45, 7) is 0. The Hall–Kier alpha value is -3.66. The van der Waals surface area contributed by atoms with Crippen LogP contribution in [0.2, 0.25) is 10.3 Å². The van der Waals surface area contributed by atoms with Gasteiger partial charge in [0.25, 0.3) is 0 Å². The minimum absolute atomic E-state index is 0.0521. The van der Waals surface area contributed by atoms with Gasteiger partial charge in [-0.05, 0) is 65.6 Å². The van der Waals surface area contributed by atoms with E-state index in [1.807, 2.05) is 16.7 Å². The molecule has 1 saturated carbocycles. The predicted molar refractivity (Wildman–Crippen MR) is 150 cm³/mol. The van der Waals surface area contributed by atoms with E-state index < -0.39 is 5.91 Å². The van der Waals surface area contributed by atoms with Crippen LogP contribution in [-0.4, -0.2) is 37.1 Å². The summed E-state index contributed by atoms with van der Waals surface area (Å²) in [5.74, 6) is -0.247. The summed E-state index contributed by atoms with van der Waals surface area (Å²) < 4.78 is 1.93. The molecule has 0 atom stereocenters.